The topological polar surface area (TPSA) is 17.8 Å². The molecule has 0 bridgehead atoms. The summed E-state index contributed by atoms with van der Waals surface area (Å²) in [6.45, 7) is 7.73. The van der Waals surface area contributed by atoms with Gasteiger partial charge in [0.15, 0.2) is 0 Å². The van der Waals surface area contributed by atoms with Crippen LogP contribution in [-0.2, 0) is 17.7 Å². The van der Waals surface area contributed by atoms with Crippen LogP contribution in [-0.4, -0.2) is 15.5 Å². The lowest BCUT2D eigenvalue weighted by Crippen LogP contribution is -2.14. The van der Waals surface area contributed by atoms with Crippen LogP contribution in [0.5, 0.6) is 0 Å². The molecule has 13 heavy (non-hydrogen) atoms. The SMILES string of the molecule is CC(C)(C)c1cc2n(n1)CCSC2. The highest BCUT2D eigenvalue weighted by atomic mass is 32.2. The molecule has 0 atom stereocenters. The van der Waals surface area contributed by atoms with Gasteiger partial charge in [-0.3, -0.25) is 4.68 Å². The molecule has 1 aliphatic heterocycles. The van der Waals surface area contributed by atoms with Gasteiger partial charge in [0.25, 0.3) is 0 Å². The van der Waals surface area contributed by atoms with Crippen LogP contribution in [0.3, 0.4) is 0 Å². The predicted molar refractivity (Wildman–Crippen MR) is 57.1 cm³/mol. The zero-order chi connectivity index (χ0) is 9.47. The van der Waals surface area contributed by atoms with Crippen molar-refractivity contribution in [3.05, 3.63) is 17.5 Å². The Bertz CT molecular complexity index is 286. The molecule has 0 aliphatic carbocycles. The lowest BCUT2D eigenvalue weighted by Gasteiger charge is -2.14. The number of aromatic nitrogens is 2. The van der Waals surface area contributed by atoms with E-state index in [1.165, 1.54) is 17.1 Å². The summed E-state index contributed by atoms with van der Waals surface area (Å²) >= 11 is 2.00. The smallest absolute Gasteiger partial charge is 0.0681 e. The van der Waals surface area contributed by atoms with E-state index in [0.717, 1.165) is 12.3 Å². The first-order chi connectivity index (χ1) is 6.07. The van der Waals surface area contributed by atoms with E-state index in [1.54, 1.807) is 0 Å². The third kappa shape index (κ3) is 1.75. The lowest BCUT2D eigenvalue weighted by atomic mass is 9.92. The molecule has 0 aromatic carbocycles. The van der Waals surface area contributed by atoms with Crippen LogP contribution >= 0.6 is 11.8 Å². The van der Waals surface area contributed by atoms with Crippen LogP contribution in [0.2, 0.25) is 0 Å². The fourth-order valence-electron chi connectivity index (χ4n) is 1.46. The minimum Gasteiger partial charge on any atom is -0.268 e. The maximum atomic E-state index is 4.63. The van der Waals surface area contributed by atoms with E-state index in [0.29, 0.717) is 0 Å². The number of fused-ring (bicyclic) bond motifs is 1. The van der Waals surface area contributed by atoms with Crippen LogP contribution < -0.4 is 0 Å². The van der Waals surface area contributed by atoms with E-state index in [4.69, 9.17) is 0 Å². The third-order valence-electron chi connectivity index (χ3n) is 2.33. The van der Waals surface area contributed by atoms with Crippen LogP contribution in [0.4, 0.5) is 0 Å². The van der Waals surface area contributed by atoms with Crippen molar-refractivity contribution in [3.63, 3.8) is 0 Å². The molecule has 0 radical (unpaired) electrons. The number of thioether (sulfide) groups is 1. The predicted octanol–water partition coefficient (Wildman–Crippen LogP) is 2.43. The quantitative estimate of drug-likeness (QED) is 0.634. The van der Waals surface area contributed by atoms with Gasteiger partial charge in [-0.1, -0.05) is 20.8 Å². The van der Waals surface area contributed by atoms with Gasteiger partial charge in [-0.05, 0) is 6.07 Å². The minimum absolute atomic E-state index is 0.189. The molecule has 0 fully saturated rings. The van der Waals surface area contributed by atoms with Gasteiger partial charge in [-0.15, -0.1) is 0 Å². The molecule has 1 aromatic heterocycles. The van der Waals surface area contributed by atoms with Crippen LogP contribution in [0.15, 0.2) is 6.07 Å². The number of nitrogens with zero attached hydrogens (tertiary/aromatic N) is 2. The summed E-state index contributed by atoms with van der Waals surface area (Å²) in [5, 5.41) is 4.63. The fourth-order valence-corrected chi connectivity index (χ4v) is 2.35. The molecule has 2 rings (SSSR count). The molecule has 72 valence electrons. The second-order valence-electron chi connectivity index (χ2n) is 4.55. The summed E-state index contributed by atoms with van der Waals surface area (Å²) in [7, 11) is 0. The molecule has 3 heteroatoms. The monoisotopic (exact) mass is 196 g/mol. The Morgan fingerprint density at radius 2 is 2.23 bits per heavy atom. The zero-order valence-electron chi connectivity index (χ0n) is 8.50. The van der Waals surface area contributed by atoms with E-state index in [1.807, 2.05) is 11.8 Å². The van der Waals surface area contributed by atoms with Crippen LogP contribution in [0.1, 0.15) is 32.2 Å². The summed E-state index contributed by atoms with van der Waals surface area (Å²) in [6.07, 6.45) is 0. The molecule has 0 saturated carbocycles. The Morgan fingerprint density at radius 1 is 1.46 bits per heavy atom. The number of hydrogen-bond acceptors (Lipinski definition) is 2. The van der Waals surface area contributed by atoms with E-state index < -0.39 is 0 Å². The first-order valence-electron chi connectivity index (χ1n) is 4.72. The Kier molecular flexibility index (Phi) is 2.14. The van der Waals surface area contributed by atoms with Crippen molar-refractivity contribution in [2.45, 2.75) is 38.5 Å². The van der Waals surface area contributed by atoms with Gasteiger partial charge >= 0.3 is 0 Å². The van der Waals surface area contributed by atoms with E-state index >= 15 is 0 Å². The minimum atomic E-state index is 0.189. The summed E-state index contributed by atoms with van der Waals surface area (Å²) in [5.41, 5.74) is 2.81. The summed E-state index contributed by atoms with van der Waals surface area (Å²) < 4.78 is 2.16. The van der Waals surface area contributed by atoms with E-state index in [9.17, 15) is 0 Å². The van der Waals surface area contributed by atoms with Gasteiger partial charge in [-0.25, -0.2) is 0 Å². The van der Waals surface area contributed by atoms with Crippen LogP contribution in [0.25, 0.3) is 0 Å². The van der Waals surface area contributed by atoms with Crippen molar-refractivity contribution in [1.29, 1.82) is 0 Å². The summed E-state index contributed by atoms with van der Waals surface area (Å²) in [5.74, 6) is 2.33. The summed E-state index contributed by atoms with van der Waals surface area (Å²) in [6, 6.07) is 2.26. The molecule has 0 N–H and O–H groups in total. The molecule has 0 unspecified atom stereocenters. The Balaban J connectivity index is 2.36. The third-order valence-corrected chi connectivity index (χ3v) is 3.30. The van der Waals surface area contributed by atoms with E-state index in [-0.39, 0.29) is 5.41 Å². The highest BCUT2D eigenvalue weighted by molar-refractivity contribution is 7.98. The molecule has 1 aliphatic rings. The lowest BCUT2D eigenvalue weighted by molar-refractivity contribution is 0.537. The fraction of sp³-hybridized carbons (Fsp3) is 0.700. The molecule has 2 heterocycles. The Morgan fingerprint density at radius 3 is 2.85 bits per heavy atom. The Hall–Kier alpha value is -0.440. The first-order valence-corrected chi connectivity index (χ1v) is 5.88. The van der Waals surface area contributed by atoms with Crippen molar-refractivity contribution < 1.29 is 0 Å². The van der Waals surface area contributed by atoms with Crippen LogP contribution in [0, 0.1) is 0 Å². The standard InChI is InChI=1S/C10H16N2S/c1-10(2,3)9-6-8-7-13-5-4-12(8)11-9/h6H,4-5,7H2,1-3H3. The average Bonchev–Trinajstić information content (AvgIpc) is 2.45. The number of rotatable bonds is 0. The maximum absolute atomic E-state index is 4.63. The van der Waals surface area contributed by atoms with Gasteiger partial charge in [0.2, 0.25) is 0 Å². The Labute approximate surface area is 83.7 Å². The van der Waals surface area contributed by atoms with Crippen molar-refractivity contribution in [2.75, 3.05) is 5.75 Å². The highest BCUT2D eigenvalue weighted by Gasteiger charge is 2.20. The number of hydrogen-bond donors (Lipinski definition) is 0. The van der Waals surface area contributed by atoms with Crippen molar-refractivity contribution >= 4 is 11.8 Å². The molecule has 0 saturated heterocycles. The van der Waals surface area contributed by atoms with Crippen molar-refractivity contribution in [1.82, 2.24) is 9.78 Å². The largest absolute Gasteiger partial charge is 0.268 e. The van der Waals surface area contributed by atoms with Gasteiger partial charge in [0, 0.05) is 22.6 Å². The first kappa shape index (κ1) is 9.13. The maximum Gasteiger partial charge on any atom is 0.0681 e. The van der Waals surface area contributed by atoms with Gasteiger partial charge in [-0.2, -0.15) is 16.9 Å². The summed E-state index contributed by atoms with van der Waals surface area (Å²) in [4.78, 5) is 0. The van der Waals surface area contributed by atoms with Gasteiger partial charge in [0.05, 0.1) is 12.2 Å². The average molecular weight is 196 g/mol. The zero-order valence-corrected chi connectivity index (χ0v) is 9.32. The number of aryl methyl sites for hydroxylation is 1. The molecular weight excluding hydrogens is 180 g/mol. The normalized spacial score (nSPS) is 17.2. The second kappa shape index (κ2) is 3.05. The van der Waals surface area contributed by atoms with Crippen molar-refractivity contribution in [3.8, 4) is 0 Å². The van der Waals surface area contributed by atoms with Gasteiger partial charge in [0.1, 0.15) is 0 Å². The molecule has 0 spiro atoms. The molecule has 2 nitrogen and oxygen atoms in total. The van der Waals surface area contributed by atoms with Crippen molar-refractivity contribution in [2.24, 2.45) is 0 Å². The molecule has 1 aromatic rings. The highest BCUT2D eigenvalue weighted by Crippen LogP contribution is 2.26. The molecule has 0 amide bonds. The van der Waals surface area contributed by atoms with E-state index in [2.05, 4.69) is 36.6 Å². The second-order valence-corrected chi connectivity index (χ2v) is 5.65. The molecular formula is C10H16N2S. The van der Waals surface area contributed by atoms with Gasteiger partial charge < -0.3 is 0 Å².